The molecule has 1 fully saturated rings. The van der Waals surface area contributed by atoms with Crippen molar-refractivity contribution in [3.8, 4) is 0 Å². The van der Waals surface area contributed by atoms with Gasteiger partial charge in [0.15, 0.2) is 5.13 Å². The average Bonchev–Trinajstić information content (AvgIpc) is 3.36. The van der Waals surface area contributed by atoms with E-state index in [4.69, 9.17) is 11.6 Å². The molecule has 28 heavy (non-hydrogen) atoms. The lowest BCUT2D eigenvalue weighted by atomic mass is 10.00. The standard InChI is InChI=1S/C20H15ClN2O3S2/c1-10-11(2)28-20(22-10)23-16(14-4-3-9-27-14)15(18(25)19(23)26)17(24)12-5-7-13(21)8-6-12/h3-9,16,24H,1-2H3/b17-15+/t16-/m1/s1. The lowest BCUT2D eigenvalue weighted by Crippen LogP contribution is -2.29. The number of aliphatic hydroxyl groups excluding tert-OH is 1. The molecule has 3 heterocycles. The number of thiazole rings is 1. The number of anilines is 1. The van der Waals surface area contributed by atoms with Gasteiger partial charge in [-0.25, -0.2) is 4.98 Å². The molecule has 1 N–H and O–H groups in total. The van der Waals surface area contributed by atoms with E-state index in [0.29, 0.717) is 15.7 Å². The van der Waals surface area contributed by atoms with E-state index in [2.05, 4.69) is 4.98 Å². The van der Waals surface area contributed by atoms with Crippen molar-refractivity contribution in [3.63, 3.8) is 0 Å². The maximum atomic E-state index is 12.9. The van der Waals surface area contributed by atoms with E-state index >= 15 is 0 Å². The molecule has 4 rings (SSSR count). The molecular formula is C20H15ClN2O3S2. The normalized spacial score (nSPS) is 18.8. The molecule has 8 heteroatoms. The van der Waals surface area contributed by atoms with E-state index in [-0.39, 0.29) is 11.3 Å². The van der Waals surface area contributed by atoms with Crippen molar-refractivity contribution in [2.75, 3.05) is 4.90 Å². The number of aromatic nitrogens is 1. The number of nitrogens with zero attached hydrogens (tertiary/aromatic N) is 2. The Labute approximate surface area is 174 Å². The zero-order chi connectivity index (χ0) is 20.0. The van der Waals surface area contributed by atoms with Crippen LogP contribution in [0.5, 0.6) is 0 Å². The minimum atomic E-state index is -0.726. The Hall–Kier alpha value is -2.48. The first-order valence-corrected chi connectivity index (χ1v) is 10.5. The van der Waals surface area contributed by atoms with Crippen molar-refractivity contribution in [1.82, 2.24) is 4.98 Å². The molecule has 0 radical (unpaired) electrons. The summed E-state index contributed by atoms with van der Waals surface area (Å²) in [5.74, 6) is -1.64. The molecule has 0 spiro atoms. The van der Waals surface area contributed by atoms with Crippen molar-refractivity contribution in [2.45, 2.75) is 19.9 Å². The number of amides is 1. The number of carbonyl (C=O) groups is 2. The van der Waals surface area contributed by atoms with Crippen molar-refractivity contribution >= 4 is 56.9 Å². The molecule has 142 valence electrons. The maximum absolute atomic E-state index is 12.9. The molecule has 1 aliphatic rings. The highest BCUT2D eigenvalue weighted by molar-refractivity contribution is 7.16. The second-order valence-corrected chi connectivity index (χ2v) is 8.93. The third kappa shape index (κ3) is 3.05. The third-order valence-electron chi connectivity index (χ3n) is 4.60. The van der Waals surface area contributed by atoms with Crippen LogP contribution in [0.2, 0.25) is 5.02 Å². The highest BCUT2D eigenvalue weighted by Gasteiger charge is 2.48. The summed E-state index contributed by atoms with van der Waals surface area (Å²) in [5.41, 5.74) is 1.29. The van der Waals surface area contributed by atoms with Gasteiger partial charge in [-0.1, -0.05) is 17.7 Å². The maximum Gasteiger partial charge on any atom is 0.301 e. The molecular weight excluding hydrogens is 416 g/mol. The van der Waals surface area contributed by atoms with Crippen LogP contribution >= 0.6 is 34.3 Å². The van der Waals surface area contributed by atoms with Crippen LogP contribution in [0.4, 0.5) is 5.13 Å². The molecule has 1 aliphatic heterocycles. The van der Waals surface area contributed by atoms with Crippen LogP contribution in [0, 0.1) is 13.8 Å². The fourth-order valence-corrected chi connectivity index (χ4v) is 4.95. The molecule has 2 aromatic heterocycles. The average molecular weight is 431 g/mol. The number of thiophene rings is 1. The highest BCUT2D eigenvalue weighted by Crippen LogP contribution is 2.44. The summed E-state index contributed by atoms with van der Waals surface area (Å²) >= 11 is 8.70. The first kappa shape index (κ1) is 18.9. The van der Waals surface area contributed by atoms with E-state index in [0.717, 1.165) is 15.4 Å². The Balaban J connectivity index is 1.92. The number of rotatable bonds is 3. The Kier molecular flexibility index (Phi) is 4.82. The summed E-state index contributed by atoms with van der Waals surface area (Å²) in [5, 5.41) is 13.8. The lowest BCUT2D eigenvalue weighted by molar-refractivity contribution is -0.132. The summed E-state index contributed by atoms with van der Waals surface area (Å²) in [6.07, 6.45) is 0. The van der Waals surface area contributed by atoms with Crippen LogP contribution in [0.15, 0.2) is 47.4 Å². The number of carbonyl (C=O) groups excluding carboxylic acids is 2. The number of hydrogen-bond acceptors (Lipinski definition) is 6. The van der Waals surface area contributed by atoms with E-state index in [1.54, 1.807) is 24.3 Å². The fraction of sp³-hybridized carbons (Fsp3) is 0.150. The molecule has 1 saturated heterocycles. The van der Waals surface area contributed by atoms with E-state index in [1.807, 2.05) is 31.4 Å². The Bertz CT molecular complexity index is 1080. The van der Waals surface area contributed by atoms with Crippen LogP contribution in [0.3, 0.4) is 0 Å². The predicted octanol–water partition coefficient (Wildman–Crippen LogP) is 5.10. The molecule has 5 nitrogen and oxygen atoms in total. The van der Waals surface area contributed by atoms with Crippen molar-refractivity contribution in [2.24, 2.45) is 0 Å². The van der Waals surface area contributed by atoms with Crippen molar-refractivity contribution in [3.05, 3.63) is 73.4 Å². The first-order valence-electron chi connectivity index (χ1n) is 8.43. The van der Waals surface area contributed by atoms with Gasteiger partial charge in [-0.15, -0.1) is 22.7 Å². The van der Waals surface area contributed by atoms with Gasteiger partial charge in [0.1, 0.15) is 11.8 Å². The molecule has 0 unspecified atom stereocenters. The van der Waals surface area contributed by atoms with Gasteiger partial charge >= 0.3 is 5.91 Å². The number of Topliss-reactive ketones (excluding diaryl/α,β-unsaturated/α-hetero) is 1. The van der Waals surface area contributed by atoms with Crippen LogP contribution < -0.4 is 4.90 Å². The van der Waals surface area contributed by atoms with Crippen molar-refractivity contribution in [1.29, 1.82) is 0 Å². The number of halogens is 1. The topological polar surface area (TPSA) is 70.5 Å². The van der Waals surface area contributed by atoms with E-state index in [1.165, 1.54) is 27.6 Å². The van der Waals surface area contributed by atoms with Crippen LogP contribution in [0.25, 0.3) is 5.76 Å². The molecule has 0 aliphatic carbocycles. The molecule has 1 aromatic carbocycles. The van der Waals surface area contributed by atoms with Gasteiger partial charge in [-0.2, -0.15) is 0 Å². The Morgan fingerprint density at radius 3 is 2.46 bits per heavy atom. The van der Waals surface area contributed by atoms with Gasteiger partial charge in [0.25, 0.3) is 5.78 Å². The molecule has 0 saturated carbocycles. The van der Waals surface area contributed by atoms with E-state index < -0.39 is 17.7 Å². The summed E-state index contributed by atoms with van der Waals surface area (Å²) in [4.78, 5) is 33.4. The number of aliphatic hydroxyl groups is 1. The highest BCUT2D eigenvalue weighted by atomic mass is 35.5. The quantitative estimate of drug-likeness (QED) is 0.356. The first-order chi connectivity index (χ1) is 13.4. The van der Waals surface area contributed by atoms with Gasteiger partial charge in [0.05, 0.1) is 11.3 Å². The van der Waals surface area contributed by atoms with Crippen molar-refractivity contribution < 1.29 is 14.7 Å². The lowest BCUT2D eigenvalue weighted by Gasteiger charge is -2.21. The Morgan fingerprint density at radius 2 is 1.89 bits per heavy atom. The predicted molar refractivity (Wildman–Crippen MR) is 112 cm³/mol. The number of benzene rings is 1. The van der Waals surface area contributed by atoms with Gasteiger partial charge in [-0.05, 0) is 49.6 Å². The monoisotopic (exact) mass is 430 g/mol. The minimum absolute atomic E-state index is 0.0558. The largest absolute Gasteiger partial charge is 0.507 e. The van der Waals surface area contributed by atoms with Gasteiger partial charge in [0, 0.05) is 20.3 Å². The second-order valence-electron chi connectivity index (χ2n) is 6.33. The number of aryl methyl sites for hydroxylation is 2. The van der Waals surface area contributed by atoms with Crippen LogP contribution in [0.1, 0.15) is 27.1 Å². The van der Waals surface area contributed by atoms with Crippen LogP contribution in [-0.4, -0.2) is 21.8 Å². The summed E-state index contributed by atoms with van der Waals surface area (Å²) in [6, 6.07) is 9.46. The van der Waals surface area contributed by atoms with Gasteiger partial charge in [-0.3, -0.25) is 14.5 Å². The minimum Gasteiger partial charge on any atom is -0.507 e. The summed E-state index contributed by atoms with van der Waals surface area (Å²) < 4.78 is 0. The zero-order valence-corrected chi connectivity index (χ0v) is 17.4. The smallest absolute Gasteiger partial charge is 0.301 e. The zero-order valence-electron chi connectivity index (χ0n) is 15.0. The summed E-state index contributed by atoms with van der Waals surface area (Å²) in [6.45, 7) is 3.78. The van der Waals surface area contributed by atoms with Gasteiger partial charge < -0.3 is 5.11 Å². The number of hydrogen-bond donors (Lipinski definition) is 1. The van der Waals surface area contributed by atoms with E-state index in [9.17, 15) is 14.7 Å². The molecule has 1 atom stereocenters. The summed E-state index contributed by atoms with van der Waals surface area (Å²) in [7, 11) is 0. The molecule has 3 aromatic rings. The number of ketones is 1. The SMILES string of the molecule is Cc1nc(N2C(=O)C(=O)/C(=C(/O)c3ccc(Cl)cc3)[C@H]2c2cccs2)sc1C. The Morgan fingerprint density at radius 1 is 1.18 bits per heavy atom. The van der Waals surface area contributed by atoms with Crippen LogP contribution in [-0.2, 0) is 9.59 Å². The fourth-order valence-electron chi connectivity index (χ4n) is 3.07. The molecule has 0 bridgehead atoms. The third-order valence-corrected chi connectivity index (χ3v) is 6.85. The molecule has 1 amide bonds. The van der Waals surface area contributed by atoms with Gasteiger partial charge in [0.2, 0.25) is 0 Å². The second kappa shape index (κ2) is 7.16.